The molecule has 2 saturated heterocycles. The summed E-state index contributed by atoms with van der Waals surface area (Å²) in [5.74, 6) is -0.0129. The number of aromatic nitrogens is 6. The molecular formula is C30H32F3N9O2. The van der Waals surface area contributed by atoms with Gasteiger partial charge in [-0.3, -0.25) is 14.5 Å². The second kappa shape index (κ2) is 11.1. The van der Waals surface area contributed by atoms with Crippen LogP contribution in [0.3, 0.4) is 0 Å². The van der Waals surface area contributed by atoms with E-state index in [0.29, 0.717) is 44.5 Å². The van der Waals surface area contributed by atoms with Crippen molar-refractivity contribution in [3.8, 4) is 23.2 Å². The molecule has 3 aliphatic rings. The van der Waals surface area contributed by atoms with Crippen molar-refractivity contribution in [2.75, 3.05) is 26.2 Å². The fourth-order valence-electron chi connectivity index (χ4n) is 6.76. The zero-order valence-corrected chi connectivity index (χ0v) is 23.9. The number of aromatic amines is 1. The lowest BCUT2D eigenvalue weighted by molar-refractivity contribution is -0.141. The smallest absolute Gasteiger partial charge is 0.433 e. The van der Waals surface area contributed by atoms with Crippen molar-refractivity contribution in [2.45, 2.75) is 68.6 Å². The lowest BCUT2D eigenvalue weighted by atomic mass is 9.69. The summed E-state index contributed by atoms with van der Waals surface area (Å²) < 4.78 is 48.6. The summed E-state index contributed by atoms with van der Waals surface area (Å²) in [6.07, 6.45) is 5.06. The number of likely N-dealkylation sites (tertiary alicyclic amines) is 2. The first-order valence-corrected chi connectivity index (χ1v) is 14.8. The number of β-amino-alcohol motifs (C(OH)–C–C–N with tert-alkyl or cyclic N) is 1. The molecule has 230 valence electrons. The van der Waals surface area contributed by atoms with Crippen molar-refractivity contribution >= 4 is 11.0 Å². The topological polar surface area (TPSA) is 132 Å². The van der Waals surface area contributed by atoms with Crippen LogP contribution in [-0.4, -0.2) is 89.1 Å². The van der Waals surface area contributed by atoms with Gasteiger partial charge in [-0.1, -0.05) is 0 Å². The van der Waals surface area contributed by atoms with Gasteiger partial charge in [-0.05, 0) is 43.4 Å². The maximum absolute atomic E-state index is 13.6. The lowest BCUT2D eigenvalue weighted by Crippen LogP contribution is -2.58. The number of aliphatic hydroxyl groups is 1. The summed E-state index contributed by atoms with van der Waals surface area (Å²) in [5.41, 5.74) is 1.50. The maximum Gasteiger partial charge on any atom is 0.433 e. The summed E-state index contributed by atoms with van der Waals surface area (Å²) in [7, 11) is 0. The first kappa shape index (κ1) is 28.7. The molecule has 2 N–H and O–H groups in total. The summed E-state index contributed by atoms with van der Waals surface area (Å²) in [4.78, 5) is 19.9. The quantitative estimate of drug-likeness (QED) is 0.308. The second-order valence-corrected chi connectivity index (χ2v) is 12.2. The standard InChI is InChI=1S/C30H32F3N9O2/c31-30(32,33)25-9-19(14-40-16-22(43)17-40)10-26(39-25)44-23-2-7-41(8-3-23)21-11-29(12-21,4-5-34)42-15-20(13-38-42)27-24-1-6-35-28(24)37-18-36-27/h1,6,9-10,13,15,18,21-23,43H,2-4,7-8,11-12,14,16-17H2,(H,35,36,37)/t21-,29+. The van der Waals surface area contributed by atoms with Crippen LogP contribution in [0.4, 0.5) is 13.2 Å². The van der Waals surface area contributed by atoms with Crippen LogP contribution in [0.5, 0.6) is 5.88 Å². The van der Waals surface area contributed by atoms with Crippen LogP contribution < -0.4 is 4.74 Å². The van der Waals surface area contributed by atoms with Gasteiger partial charge in [0, 0.05) is 68.2 Å². The highest BCUT2D eigenvalue weighted by Crippen LogP contribution is 2.45. The van der Waals surface area contributed by atoms with E-state index < -0.39 is 23.5 Å². The Morgan fingerprint density at radius 3 is 2.68 bits per heavy atom. The number of hydrogen-bond acceptors (Lipinski definition) is 9. The Morgan fingerprint density at radius 2 is 1.95 bits per heavy atom. The van der Waals surface area contributed by atoms with E-state index in [1.165, 1.54) is 6.33 Å². The highest BCUT2D eigenvalue weighted by atomic mass is 19.4. The van der Waals surface area contributed by atoms with Crippen molar-refractivity contribution in [2.24, 2.45) is 0 Å². The number of alkyl halides is 3. The summed E-state index contributed by atoms with van der Waals surface area (Å²) in [6.45, 7) is 2.67. The number of H-pyrrole nitrogens is 1. The van der Waals surface area contributed by atoms with Gasteiger partial charge in [0.1, 0.15) is 23.8 Å². The van der Waals surface area contributed by atoms with Crippen molar-refractivity contribution in [3.05, 3.63) is 54.4 Å². The molecule has 1 saturated carbocycles. The van der Waals surface area contributed by atoms with E-state index in [-0.39, 0.29) is 18.0 Å². The molecule has 0 radical (unpaired) electrons. The van der Waals surface area contributed by atoms with Crippen LogP contribution in [0.2, 0.25) is 0 Å². The average molecular weight is 608 g/mol. The molecule has 0 amide bonds. The van der Waals surface area contributed by atoms with Crippen LogP contribution in [0.25, 0.3) is 22.3 Å². The summed E-state index contributed by atoms with van der Waals surface area (Å²) in [6, 6.07) is 7.19. The number of ether oxygens (including phenoxy) is 1. The number of nitrogens with one attached hydrogen (secondary N) is 1. The third-order valence-corrected chi connectivity index (χ3v) is 9.11. The zero-order valence-electron chi connectivity index (χ0n) is 23.9. The third-order valence-electron chi connectivity index (χ3n) is 9.11. The molecule has 0 bridgehead atoms. The van der Waals surface area contributed by atoms with Crippen LogP contribution in [0.15, 0.2) is 43.1 Å². The summed E-state index contributed by atoms with van der Waals surface area (Å²) in [5, 5.41) is 24.8. The number of hydrogen-bond donors (Lipinski definition) is 2. The molecule has 3 fully saturated rings. The van der Waals surface area contributed by atoms with Gasteiger partial charge in [0.05, 0.1) is 36.0 Å². The Balaban J connectivity index is 0.981. The second-order valence-electron chi connectivity index (χ2n) is 12.2. The number of aliphatic hydroxyl groups excluding tert-OH is 1. The van der Waals surface area contributed by atoms with E-state index in [4.69, 9.17) is 4.74 Å². The molecule has 0 aromatic carbocycles. The van der Waals surface area contributed by atoms with Gasteiger partial charge in [-0.2, -0.15) is 23.5 Å². The van der Waals surface area contributed by atoms with Gasteiger partial charge in [0.25, 0.3) is 0 Å². The number of piperidine rings is 1. The van der Waals surface area contributed by atoms with E-state index in [1.807, 2.05) is 28.0 Å². The Hall–Kier alpha value is -4.06. The monoisotopic (exact) mass is 607 g/mol. The van der Waals surface area contributed by atoms with E-state index in [0.717, 1.165) is 54.3 Å². The van der Waals surface area contributed by atoms with Gasteiger partial charge in [0.15, 0.2) is 0 Å². The van der Waals surface area contributed by atoms with Gasteiger partial charge >= 0.3 is 6.18 Å². The molecule has 0 unspecified atom stereocenters. The molecule has 4 aromatic rings. The van der Waals surface area contributed by atoms with E-state index >= 15 is 0 Å². The predicted molar refractivity (Wildman–Crippen MR) is 152 cm³/mol. The molecular weight excluding hydrogens is 575 g/mol. The molecule has 7 rings (SSSR count). The maximum atomic E-state index is 13.6. The molecule has 6 heterocycles. The van der Waals surface area contributed by atoms with Gasteiger partial charge < -0.3 is 14.8 Å². The molecule has 0 spiro atoms. The Labute approximate surface area is 251 Å². The first-order valence-electron chi connectivity index (χ1n) is 14.8. The van der Waals surface area contributed by atoms with Gasteiger partial charge in [0.2, 0.25) is 5.88 Å². The van der Waals surface area contributed by atoms with Crippen molar-refractivity contribution in [1.29, 1.82) is 5.26 Å². The average Bonchev–Trinajstić information content (AvgIpc) is 3.64. The van der Waals surface area contributed by atoms with E-state index in [9.17, 15) is 23.5 Å². The Morgan fingerprint density at radius 1 is 1.16 bits per heavy atom. The highest BCUT2D eigenvalue weighted by Gasteiger charge is 2.49. The van der Waals surface area contributed by atoms with Crippen LogP contribution in [0.1, 0.15) is 43.4 Å². The third kappa shape index (κ3) is 5.51. The van der Waals surface area contributed by atoms with Gasteiger partial charge in [-0.15, -0.1) is 0 Å². The van der Waals surface area contributed by atoms with Crippen molar-refractivity contribution in [1.82, 2.24) is 39.5 Å². The molecule has 1 aliphatic carbocycles. The molecule has 14 heteroatoms. The number of halogens is 3. The molecule has 2 aliphatic heterocycles. The first-order chi connectivity index (χ1) is 21.2. The predicted octanol–water partition coefficient (Wildman–Crippen LogP) is 3.73. The molecule has 0 atom stereocenters. The highest BCUT2D eigenvalue weighted by molar-refractivity contribution is 5.90. The van der Waals surface area contributed by atoms with Gasteiger partial charge in [-0.25, -0.2) is 15.0 Å². The minimum absolute atomic E-state index is 0.0129. The molecule has 44 heavy (non-hydrogen) atoms. The fraction of sp³-hybridized carbons (Fsp3) is 0.500. The van der Waals surface area contributed by atoms with Crippen LogP contribution in [0, 0.1) is 11.3 Å². The number of pyridine rings is 1. The zero-order chi connectivity index (χ0) is 30.5. The fourth-order valence-corrected chi connectivity index (χ4v) is 6.76. The Kier molecular flexibility index (Phi) is 7.26. The number of rotatable bonds is 8. The molecule has 11 nitrogen and oxygen atoms in total. The minimum Gasteiger partial charge on any atom is -0.474 e. The SMILES string of the molecule is N#CC[C@]1(n2cc(-c3ncnc4[nH]ccc34)cn2)C[C@@H](N2CCC(Oc3cc(CN4CC(O)C4)cc(C(F)(F)F)n3)CC2)C1. The normalized spacial score (nSPS) is 23.8. The number of nitrogens with zero attached hydrogens (tertiary/aromatic N) is 8. The lowest BCUT2D eigenvalue weighted by Gasteiger charge is -2.52. The van der Waals surface area contributed by atoms with Crippen molar-refractivity contribution < 1.29 is 23.0 Å². The van der Waals surface area contributed by atoms with E-state index in [2.05, 4.69) is 36.0 Å². The largest absolute Gasteiger partial charge is 0.474 e. The number of nitriles is 1. The van der Waals surface area contributed by atoms with E-state index in [1.54, 1.807) is 12.3 Å². The Bertz CT molecular complexity index is 1680. The van der Waals surface area contributed by atoms with Crippen LogP contribution in [-0.2, 0) is 18.3 Å². The van der Waals surface area contributed by atoms with Crippen molar-refractivity contribution in [3.63, 3.8) is 0 Å². The number of fused-ring (bicyclic) bond motifs is 1. The van der Waals surface area contributed by atoms with Crippen LogP contribution >= 0.6 is 0 Å². The molecule has 4 aromatic heterocycles. The minimum atomic E-state index is -4.58. The summed E-state index contributed by atoms with van der Waals surface area (Å²) >= 11 is 0.